The summed E-state index contributed by atoms with van der Waals surface area (Å²) < 4.78 is 42.4. The first-order valence-electron chi connectivity index (χ1n) is 9.74. The predicted octanol–water partition coefficient (Wildman–Crippen LogP) is 3.79. The van der Waals surface area contributed by atoms with E-state index in [0.717, 1.165) is 10.5 Å². The van der Waals surface area contributed by atoms with Crippen LogP contribution in [0.3, 0.4) is 0 Å². The third-order valence-electron chi connectivity index (χ3n) is 5.06. The molecular formula is C22H19F3N4O2S. The van der Waals surface area contributed by atoms with Gasteiger partial charge in [0.2, 0.25) is 5.91 Å². The van der Waals surface area contributed by atoms with Crippen molar-refractivity contribution in [2.24, 2.45) is 7.05 Å². The largest absolute Gasteiger partial charge is 0.348 e. The van der Waals surface area contributed by atoms with Gasteiger partial charge in [-0.15, -0.1) is 11.8 Å². The number of amides is 2. The fourth-order valence-corrected chi connectivity index (χ4v) is 4.50. The minimum atomic E-state index is -1.08. The monoisotopic (exact) mass is 460 g/mol. The van der Waals surface area contributed by atoms with Gasteiger partial charge in [-0.2, -0.15) is 5.10 Å². The molecule has 0 saturated carbocycles. The van der Waals surface area contributed by atoms with Crippen LogP contribution in [-0.2, 0) is 24.9 Å². The van der Waals surface area contributed by atoms with E-state index in [0.29, 0.717) is 24.4 Å². The third-order valence-corrected chi connectivity index (χ3v) is 6.21. The fraction of sp³-hybridized carbons (Fsp3) is 0.227. The third kappa shape index (κ3) is 4.36. The highest BCUT2D eigenvalue weighted by molar-refractivity contribution is 8.01. The minimum Gasteiger partial charge on any atom is -0.348 e. The van der Waals surface area contributed by atoms with Crippen LogP contribution in [0.25, 0.3) is 0 Å². The molecule has 2 aromatic carbocycles. The number of fused-ring (bicyclic) bond motifs is 1. The van der Waals surface area contributed by atoms with E-state index in [2.05, 4.69) is 10.4 Å². The molecular weight excluding hydrogens is 441 g/mol. The number of rotatable bonds is 5. The van der Waals surface area contributed by atoms with Gasteiger partial charge in [-0.25, -0.2) is 13.2 Å². The number of hydrogen-bond donors (Lipinski definition) is 1. The standard InChI is InChI=1S/C22H19F3N4O2S/c1-12-22(31)29(11-13-8-27-28(2)10-13)19-5-14(3-4-20(19)32-12)21(30)26-9-16-17(24)6-15(23)7-18(16)25/h3-8,10,12H,9,11H2,1-2H3,(H,26,30). The van der Waals surface area contributed by atoms with Crippen LogP contribution in [0.4, 0.5) is 18.9 Å². The molecule has 1 aliphatic rings. The number of aryl methyl sites for hydroxylation is 1. The average Bonchev–Trinajstić information content (AvgIpc) is 3.15. The number of carbonyl (C=O) groups is 2. The number of halogens is 3. The molecule has 1 unspecified atom stereocenters. The second-order valence-corrected chi connectivity index (χ2v) is 8.80. The first-order chi connectivity index (χ1) is 15.2. The Kier molecular flexibility index (Phi) is 5.96. The molecule has 1 aromatic heterocycles. The Labute approximate surface area is 186 Å². The minimum absolute atomic E-state index is 0.0978. The Bertz CT molecular complexity index is 1190. The van der Waals surface area contributed by atoms with Gasteiger partial charge in [-0.1, -0.05) is 0 Å². The van der Waals surface area contributed by atoms with E-state index in [1.165, 1.54) is 11.8 Å². The van der Waals surface area contributed by atoms with Crippen molar-refractivity contribution < 1.29 is 22.8 Å². The van der Waals surface area contributed by atoms with Crippen LogP contribution >= 0.6 is 11.8 Å². The van der Waals surface area contributed by atoms with Gasteiger partial charge in [0.1, 0.15) is 17.5 Å². The van der Waals surface area contributed by atoms with Crippen molar-refractivity contribution in [3.05, 3.63) is 76.9 Å². The van der Waals surface area contributed by atoms with Gasteiger partial charge in [0.15, 0.2) is 0 Å². The van der Waals surface area contributed by atoms with Crippen molar-refractivity contribution in [1.29, 1.82) is 0 Å². The summed E-state index contributed by atoms with van der Waals surface area (Å²) in [4.78, 5) is 28.0. The zero-order valence-corrected chi connectivity index (χ0v) is 18.0. The molecule has 1 atom stereocenters. The van der Waals surface area contributed by atoms with Gasteiger partial charge < -0.3 is 10.2 Å². The number of nitrogens with one attached hydrogen (secondary N) is 1. The lowest BCUT2D eigenvalue weighted by molar-refractivity contribution is -0.118. The highest BCUT2D eigenvalue weighted by atomic mass is 32.2. The second-order valence-electron chi connectivity index (χ2n) is 7.42. The van der Waals surface area contributed by atoms with Gasteiger partial charge in [-0.05, 0) is 25.1 Å². The summed E-state index contributed by atoms with van der Waals surface area (Å²) in [7, 11) is 1.78. The molecule has 0 spiro atoms. The van der Waals surface area contributed by atoms with Gasteiger partial charge in [-0.3, -0.25) is 14.3 Å². The van der Waals surface area contributed by atoms with E-state index >= 15 is 0 Å². The van der Waals surface area contributed by atoms with E-state index in [4.69, 9.17) is 0 Å². The van der Waals surface area contributed by atoms with Crippen LogP contribution in [-0.4, -0.2) is 26.8 Å². The van der Waals surface area contributed by atoms with Crippen molar-refractivity contribution in [2.75, 3.05) is 4.90 Å². The molecule has 2 heterocycles. The quantitative estimate of drug-likeness (QED) is 0.629. The van der Waals surface area contributed by atoms with Crippen LogP contribution in [0.15, 0.2) is 47.6 Å². The van der Waals surface area contributed by atoms with Crippen molar-refractivity contribution in [3.8, 4) is 0 Å². The van der Waals surface area contributed by atoms with Gasteiger partial charge in [0, 0.05) is 53.5 Å². The Morgan fingerprint density at radius 1 is 1.19 bits per heavy atom. The molecule has 32 heavy (non-hydrogen) atoms. The van der Waals surface area contributed by atoms with Crippen LogP contribution in [0.5, 0.6) is 0 Å². The Morgan fingerprint density at radius 2 is 1.91 bits per heavy atom. The lowest BCUT2D eigenvalue weighted by Crippen LogP contribution is -2.39. The molecule has 10 heteroatoms. The molecule has 1 aliphatic heterocycles. The number of benzene rings is 2. The van der Waals surface area contributed by atoms with Gasteiger partial charge in [0.25, 0.3) is 5.91 Å². The number of hydrogen-bond acceptors (Lipinski definition) is 4. The highest BCUT2D eigenvalue weighted by Gasteiger charge is 2.31. The molecule has 6 nitrogen and oxygen atoms in total. The summed E-state index contributed by atoms with van der Waals surface area (Å²) in [6, 6.07) is 6.03. The summed E-state index contributed by atoms with van der Waals surface area (Å²) in [5.41, 5.74) is 1.21. The first-order valence-corrected chi connectivity index (χ1v) is 10.6. The summed E-state index contributed by atoms with van der Waals surface area (Å²) in [6.07, 6.45) is 3.48. The van der Waals surface area contributed by atoms with E-state index < -0.39 is 35.5 Å². The summed E-state index contributed by atoms with van der Waals surface area (Å²) in [6.45, 7) is 1.66. The molecule has 0 bridgehead atoms. The maximum atomic E-state index is 13.8. The molecule has 0 aliphatic carbocycles. The SMILES string of the molecule is CC1Sc2ccc(C(=O)NCc3c(F)cc(F)cc3F)cc2N(Cc2cnn(C)c2)C1=O. The van der Waals surface area contributed by atoms with E-state index in [1.54, 1.807) is 41.0 Å². The first kappa shape index (κ1) is 21.9. The van der Waals surface area contributed by atoms with Crippen LogP contribution in [0.2, 0.25) is 0 Å². The zero-order chi connectivity index (χ0) is 23.0. The second kappa shape index (κ2) is 8.70. The maximum absolute atomic E-state index is 13.8. The van der Waals surface area contributed by atoms with Gasteiger partial charge in [0.05, 0.1) is 23.7 Å². The Hall–Kier alpha value is -3.27. The highest BCUT2D eigenvalue weighted by Crippen LogP contribution is 2.40. The lowest BCUT2D eigenvalue weighted by atomic mass is 10.1. The summed E-state index contributed by atoms with van der Waals surface area (Å²) in [5, 5.41) is 6.28. The molecule has 3 aromatic rings. The van der Waals surface area contributed by atoms with Crippen molar-refractivity contribution >= 4 is 29.3 Å². The normalized spacial score (nSPS) is 15.6. The van der Waals surface area contributed by atoms with E-state index in [1.807, 2.05) is 13.1 Å². The van der Waals surface area contributed by atoms with Crippen LogP contribution in [0.1, 0.15) is 28.4 Å². The van der Waals surface area contributed by atoms with Crippen LogP contribution in [0, 0.1) is 17.5 Å². The molecule has 166 valence electrons. The molecule has 2 amide bonds. The molecule has 0 saturated heterocycles. The molecule has 0 radical (unpaired) electrons. The topological polar surface area (TPSA) is 67.2 Å². The fourth-order valence-electron chi connectivity index (χ4n) is 3.46. The Morgan fingerprint density at radius 3 is 2.56 bits per heavy atom. The van der Waals surface area contributed by atoms with Crippen molar-refractivity contribution in [3.63, 3.8) is 0 Å². The molecule has 4 rings (SSSR count). The molecule has 0 fully saturated rings. The van der Waals surface area contributed by atoms with E-state index in [9.17, 15) is 22.8 Å². The number of nitrogens with zero attached hydrogens (tertiary/aromatic N) is 3. The predicted molar refractivity (Wildman–Crippen MR) is 114 cm³/mol. The summed E-state index contributed by atoms with van der Waals surface area (Å²) >= 11 is 1.40. The smallest absolute Gasteiger partial charge is 0.251 e. The Balaban J connectivity index is 1.58. The average molecular weight is 460 g/mol. The van der Waals surface area contributed by atoms with Crippen molar-refractivity contribution in [1.82, 2.24) is 15.1 Å². The number of carbonyl (C=O) groups excluding carboxylic acids is 2. The summed E-state index contributed by atoms with van der Waals surface area (Å²) in [5.74, 6) is -3.86. The number of aromatic nitrogens is 2. The maximum Gasteiger partial charge on any atom is 0.251 e. The lowest BCUT2D eigenvalue weighted by Gasteiger charge is -2.32. The van der Waals surface area contributed by atoms with E-state index in [-0.39, 0.29) is 16.7 Å². The zero-order valence-electron chi connectivity index (χ0n) is 17.2. The number of anilines is 1. The van der Waals surface area contributed by atoms with Gasteiger partial charge >= 0.3 is 0 Å². The molecule has 1 N–H and O–H groups in total. The number of thioether (sulfide) groups is 1. The van der Waals surface area contributed by atoms with Crippen LogP contribution < -0.4 is 10.2 Å². The van der Waals surface area contributed by atoms with Crippen molar-refractivity contribution in [2.45, 2.75) is 30.2 Å².